The van der Waals surface area contributed by atoms with Crippen molar-refractivity contribution in [3.05, 3.63) is 23.3 Å². The third-order valence-electron chi connectivity index (χ3n) is 3.51. The average Bonchev–Trinajstić information content (AvgIpc) is 2.94. The topological polar surface area (TPSA) is 48.4 Å². The first-order valence-corrected chi connectivity index (χ1v) is 7.88. The van der Waals surface area contributed by atoms with Crippen LogP contribution in [0.3, 0.4) is 0 Å². The van der Waals surface area contributed by atoms with Crippen molar-refractivity contribution in [3.8, 4) is 0 Å². The molecule has 3 heterocycles. The Morgan fingerprint density at radius 3 is 2.43 bits per heavy atom. The lowest BCUT2D eigenvalue weighted by atomic mass is 10.3. The van der Waals surface area contributed by atoms with E-state index in [-0.39, 0.29) is 0 Å². The quantitative estimate of drug-likeness (QED) is 0.859. The van der Waals surface area contributed by atoms with E-state index >= 15 is 0 Å². The molecular weight excluding hydrogens is 284 g/mol. The van der Waals surface area contributed by atoms with Crippen LogP contribution in [0.25, 0.3) is 0 Å². The fourth-order valence-electron chi connectivity index (χ4n) is 2.35. The van der Waals surface area contributed by atoms with Crippen LogP contribution in [0.1, 0.15) is 4.88 Å². The number of hydrogen-bond donors (Lipinski definition) is 0. The summed E-state index contributed by atoms with van der Waals surface area (Å²) in [6, 6.07) is 1.98. The first-order chi connectivity index (χ1) is 10.1. The van der Waals surface area contributed by atoms with Crippen LogP contribution in [-0.4, -0.2) is 55.2 Å². The van der Waals surface area contributed by atoms with Crippen LogP contribution in [0.2, 0.25) is 0 Å². The summed E-state index contributed by atoms with van der Waals surface area (Å²) < 4.78 is 0. The molecule has 1 fully saturated rings. The van der Waals surface area contributed by atoms with Crippen molar-refractivity contribution in [2.24, 2.45) is 0 Å². The molecular formula is C14H20N6S. The Hall–Kier alpha value is -1.89. The largest absolute Gasteiger partial charge is 0.353 e. The molecule has 6 nitrogen and oxygen atoms in total. The molecule has 0 unspecified atom stereocenters. The molecule has 1 saturated heterocycles. The van der Waals surface area contributed by atoms with E-state index in [9.17, 15) is 0 Å². The van der Waals surface area contributed by atoms with Gasteiger partial charge in [0.25, 0.3) is 0 Å². The van der Waals surface area contributed by atoms with Gasteiger partial charge < -0.3 is 14.7 Å². The van der Waals surface area contributed by atoms with Crippen molar-refractivity contribution in [1.82, 2.24) is 15.0 Å². The SMILES string of the molecule is Cc1cnc(N2CCN(c3ccnc(N(C)C)n3)CC2)s1. The van der Waals surface area contributed by atoms with Crippen LogP contribution in [0.15, 0.2) is 18.5 Å². The van der Waals surface area contributed by atoms with Crippen molar-refractivity contribution in [3.63, 3.8) is 0 Å². The number of thiazole rings is 1. The summed E-state index contributed by atoms with van der Waals surface area (Å²) in [4.78, 5) is 21.2. The number of nitrogens with zero attached hydrogens (tertiary/aromatic N) is 6. The third-order valence-corrected chi connectivity index (χ3v) is 4.48. The molecule has 2 aromatic heterocycles. The Morgan fingerprint density at radius 1 is 1.10 bits per heavy atom. The normalized spacial score (nSPS) is 15.4. The van der Waals surface area contributed by atoms with E-state index in [4.69, 9.17) is 0 Å². The van der Waals surface area contributed by atoms with Gasteiger partial charge in [-0.05, 0) is 13.0 Å². The molecule has 0 bridgehead atoms. The fourth-order valence-corrected chi connectivity index (χ4v) is 3.16. The molecule has 2 aromatic rings. The Balaban J connectivity index is 1.67. The summed E-state index contributed by atoms with van der Waals surface area (Å²) in [5, 5.41) is 1.13. The van der Waals surface area contributed by atoms with Crippen molar-refractivity contribution >= 4 is 28.2 Å². The van der Waals surface area contributed by atoms with Gasteiger partial charge in [0, 0.05) is 57.5 Å². The third kappa shape index (κ3) is 3.07. The van der Waals surface area contributed by atoms with E-state index < -0.39 is 0 Å². The lowest BCUT2D eigenvalue weighted by molar-refractivity contribution is 0.645. The Bertz CT molecular complexity index is 603. The molecule has 21 heavy (non-hydrogen) atoms. The second kappa shape index (κ2) is 5.85. The minimum absolute atomic E-state index is 0.755. The summed E-state index contributed by atoms with van der Waals surface area (Å²) >= 11 is 1.76. The number of anilines is 3. The standard InChI is InChI=1S/C14H20N6S/c1-11-10-16-14(21-11)20-8-6-19(7-9-20)12-4-5-15-13(17-12)18(2)3/h4-5,10H,6-9H2,1-3H3. The van der Waals surface area contributed by atoms with Gasteiger partial charge in [-0.1, -0.05) is 0 Å². The van der Waals surface area contributed by atoms with E-state index in [1.165, 1.54) is 4.88 Å². The highest BCUT2D eigenvalue weighted by Gasteiger charge is 2.20. The van der Waals surface area contributed by atoms with Crippen molar-refractivity contribution in [2.75, 3.05) is 55.0 Å². The number of rotatable bonds is 3. The molecule has 1 aliphatic rings. The predicted molar refractivity (Wildman–Crippen MR) is 87.6 cm³/mol. The van der Waals surface area contributed by atoms with Gasteiger partial charge in [0.1, 0.15) is 5.82 Å². The van der Waals surface area contributed by atoms with Crippen LogP contribution in [0.4, 0.5) is 16.9 Å². The predicted octanol–water partition coefficient (Wildman–Crippen LogP) is 1.63. The second-order valence-corrected chi connectivity index (χ2v) is 6.55. The van der Waals surface area contributed by atoms with E-state index in [1.54, 1.807) is 11.3 Å². The van der Waals surface area contributed by atoms with Gasteiger partial charge in [0.05, 0.1) is 0 Å². The van der Waals surface area contributed by atoms with Gasteiger partial charge in [-0.25, -0.2) is 9.97 Å². The van der Waals surface area contributed by atoms with Gasteiger partial charge in [-0.2, -0.15) is 4.98 Å². The molecule has 0 aromatic carbocycles. The first-order valence-electron chi connectivity index (χ1n) is 7.06. The van der Waals surface area contributed by atoms with Crippen molar-refractivity contribution in [1.29, 1.82) is 0 Å². The minimum atomic E-state index is 0.755. The molecule has 0 aliphatic carbocycles. The van der Waals surface area contributed by atoms with E-state index in [0.29, 0.717) is 0 Å². The second-order valence-electron chi connectivity index (χ2n) is 5.34. The number of hydrogen-bond acceptors (Lipinski definition) is 7. The summed E-state index contributed by atoms with van der Waals surface area (Å²) in [6.45, 7) is 5.98. The van der Waals surface area contributed by atoms with Gasteiger partial charge in [0.2, 0.25) is 5.95 Å². The Morgan fingerprint density at radius 2 is 1.81 bits per heavy atom. The zero-order valence-electron chi connectivity index (χ0n) is 12.7. The van der Waals surface area contributed by atoms with Crippen molar-refractivity contribution < 1.29 is 0 Å². The summed E-state index contributed by atoms with van der Waals surface area (Å²) in [5.74, 6) is 1.76. The Kier molecular flexibility index (Phi) is 3.92. The highest BCUT2D eigenvalue weighted by Crippen LogP contribution is 2.24. The first kappa shape index (κ1) is 14.1. The van der Waals surface area contributed by atoms with Crippen LogP contribution >= 0.6 is 11.3 Å². The van der Waals surface area contributed by atoms with Crippen LogP contribution in [0, 0.1) is 6.92 Å². The fraction of sp³-hybridized carbons (Fsp3) is 0.500. The summed E-state index contributed by atoms with van der Waals surface area (Å²) in [6.07, 6.45) is 3.77. The lowest BCUT2D eigenvalue weighted by Crippen LogP contribution is -2.46. The maximum atomic E-state index is 4.61. The highest BCUT2D eigenvalue weighted by molar-refractivity contribution is 7.15. The highest BCUT2D eigenvalue weighted by atomic mass is 32.1. The Labute approximate surface area is 129 Å². The van der Waals surface area contributed by atoms with Gasteiger partial charge >= 0.3 is 0 Å². The summed E-state index contributed by atoms with van der Waals surface area (Å²) in [5.41, 5.74) is 0. The molecule has 0 N–H and O–H groups in total. The van der Waals surface area contributed by atoms with E-state index in [2.05, 4.69) is 31.7 Å². The molecule has 0 atom stereocenters. The van der Waals surface area contributed by atoms with Gasteiger partial charge in [-0.3, -0.25) is 0 Å². The number of aryl methyl sites for hydroxylation is 1. The van der Waals surface area contributed by atoms with E-state index in [1.807, 2.05) is 37.5 Å². The smallest absolute Gasteiger partial charge is 0.226 e. The minimum Gasteiger partial charge on any atom is -0.353 e. The molecule has 112 valence electrons. The van der Waals surface area contributed by atoms with Crippen LogP contribution in [0.5, 0.6) is 0 Å². The number of aromatic nitrogens is 3. The van der Waals surface area contributed by atoms with Gasteiger partial charge in [0.15, 0.2) is 5.13 Å². The molecule has 0 amide bonds. The van der Waals surface area contributed by atoms with Crippen LogP contribution in [-0.2, 0) is 0 Å². The molecule has 0 radical (unpaired) electrons. The maximum absolute atomic E-state index is 4.61. The molecule has 1 aliphatic heterocycles. The molecule has 0 saturated carbocycles. The van der Waals surface area contributed by atoms with Crippen LogP contribution < -0.4 is 14.7 Å². The number of piperazine rings is 1. The zero-order chi connectivity index (χ0) is 14.8. The lowest BCUT2D eigenvalue weighted by Gasteiger charge is -2.35. The zero-order valence-corrected chi connectivity index (χ0v) is 13.5. The summed E-state index contributed by atoms with van der Waals surface area (Å²) in [7, 11) is 3.92. The average molecular weight is 304 g/mol. The monoisotopic (exact) mass is 304 g/mol. The van der Waals surface area contributed by atoms with Gasteiger partial charge in [-0.15, -0.1) is 11.3 Å². The molecule has 0 spiro atoms. The maximum Gasteiger partial charge on any atom is 0.226 e. The molecule has 3 rings (SSSR count). The van der Waals surface area contributed by atoms with Crippen molar-refractivity contribution in [2.45, 2.75) is 6.92 Å². The van der Waals surface area contributed by atoms with E-state index in [0.717, 1.165) is 43.1 Å². The molecule has 7 heteroatoms.